The summed E-state index contributed by atoms with van der Waals surface area (Å²) in [6.07, 6.45) is 9.79. The molecule has 0 spiro atoms. The SMILES string of the molecule is CC(C)n1cc(C2(O)CCN(C(=O)C=C3CCCCC3)C2)nn1. The van der Waals surface area contributed by atoms with Gasteiger partial charge in [-0.3, -0.25) is 4.79 Å². The fourth-order valence-corrected chi connectivity index (χ4v) is 3.35. The Hall–Kier alpha value is -1.69. The molecule has 1 aliphatic carbocycles. The first-order chi connectivity index (χ1) is 11.0. The van der Waals surface area contributed by atoms with E-state index in [-0.39, 0.29) is 11.9 Å². The highest BCUT2D eigenvalue weighted by molar-refractivity contribution is 5.88. The average molecular weight is 318 g/mol. The van der Waals surface area contributed by atoms with Gasteiger partial charge in [0.25, 0.3) is 0 Å². The van der Waals surface area contributed by atoms with Gasteiger partial charge in [0.1, 0.15) is 11.3 Å². The number of aromatic nitrogens is 3. The molecule has 0 aromatic carbocycles. The molecule has 2 aliphatic rings. The minimum atomic E-state index is -1.08. The monoisotopic (exact) mass is 318 g/mol. The van der Waals surface area contributed by atoms with E-state index in [1.165, 1.54) is 24.8 Å². The Bertz CT molecular complexity index is 599. The summed E-state index contributed by atoms with van der Waals surface area (Å²) in [4.78, 5) is 14.2. The minimum Gasteiger partial charge on any atom is -0.381 e. The van der Waals surface area contributed by atoms with Gasteiger partial charge in [-0.15, -0.1) is 5.10 Å². The van der Waals surface area contributed by atoms with E-state index in [4.69, 9.17) is 0 Å². The molecule has 0 bridgehead atoms. The van der Waals surface area contributed by atoms with Crippen molar-refractivity contribution in [2.24, 2.45) is 0 Å². The molecule has 1 amide bonds. The summed E-state index contributed by atoms with van der Waals surface area (Å²) in [6, 6.07) is 0.204. The van der Waals surface area contributed by atoms with Gasteiger partial charge in [0.15, 0.2) is 0 Å². The van der Waals surface area contributed by atoms with Gasteiger partial charge in [0.05, 0.1) is 12.7 Å². The van der Waals surface area contributed by atoms with E-state index < -0.39 is 5.60 Å². The van der Waals surface area contributed by atoms with Crippen LogP contribution in [0, 0.1) is 0 Å². The van der Waals surface area contributed by atoms with Crippen molar-refractivity contribution in [2.75, 3.05) is 13.1 Å². The van der Waals surface area contributed by atoms with Crippen LogP contribution >= 0.6 is 0 Å². The van der Waals surface area contributed by atoms with Crippen molar-refractivity contribution in [3.63, 3.8) is 0 Å². The number of amides is 1. The van der Waals surface area contributed by atoms with Crippen LogP contribution in [0.5, 0.6) is 0 Å². The molecule has 1 saturated carbocycles. The first kappa shape index (κ1) is 16.2. The van der Waals surface area contributed by atoms with Gasteiger partial charge in [-0.25, -0.2) is 4.68 Å². The Kier molecular flexibility index (Phi) is 4.53. The van der Waals surface area contributed by atoms with Gasteiger partial charge < -0.3 is 10.0 Å². The summed E-state index contributed by atoms with van der Waals surface area (Å²) in [7, 11) is 0. The van der Waals surface area contributed by atoms with E-state index in [1.54, 1.807) is 21.9 Å². The van der Waals surface area contributed by atoms with E-state index >= 15 is 0 Å². The molecular formula is C17H26N4O2. The molecule has 1 aliphatic heterocycles. The number of hydrogen-bond donors (Lipinski definition) is 1. The lowest BCUT2D eigenvalue weighted by Crippen LogP contribution is -2.34. The number of carbonyl (C=O) groups is 1. The lowest BCUT2D eigenvalue weighted by molar-refractivity contribution is -0.126. The summed E-state index contributed by atoms with van der Waals surface area (Å²) >= 11 is 0. The standard InChI is InChI=1S/C17H26N4O2/c1-13(2)21-11-15(18-19-21)17(23)8-9-20(12-17)16(22)10-14-6-4-3-5-7-14/h10-11,13,23H,3-9,12H2,1-2H3. The van der Waals surface area contributed by atoms with E-state index in [0.29, 0.717) is 25.2 Å². The molecule has 0 radical (unpaired) electrons. The Morgan fingerprint density at radius 3 is 2.74 bits per heavy atom. The number of carbonyl (C=O) groups excluding carboxylic acids is 1. The lowest BCUT2D eigenvalue weighted by atomic mass is 9.94. The van der Waals surface area contributed by atoms with E-state index in [1.807, 2.05) is 13.8 Å². The van der Waals surface area contributed by atoms with Crippen LogP contribution in [0.1, 0.15) is 64.1 Å². The average Bonchev–Trinajstić information content (AvgIpc) is 3.16. The van der Waals surface area contributed by atoms with Crippen molar-refractivity contribution in [3.05, 3.63) is 23.5 Å². The maximum atomic E-state index is 12.4. The van der Waals surface area contributed by atoms with E-state index in [9.17, 15) is 9.90 Å². The summed E-state index contributed by atoms with van der Waals surface area (Å²) in [6.45, 7) is 4.90. The zero-order valence-corrected chi connectivity index (χ0v) is 14.0. The van der Waals surface area contributed by atoms with E-state index in [0.717, 1.165) is 12.8 Å². The molecule has 6 nitrogen and oxygen atoms in total. The number of allylic oxidation sites excluding steroid dienone is 1. The van der Waals surface area contributed by atoms with Gasteiger partial charge >= 0.3 is 0 Å². The first-order valence-electron chi connectivity index (χ1n) is 8.61. The Balaban J connectivity index is 1.67. The summed E-state index contributed by atoms with van der Waals surface area (Å²) in [5.41, 5.74) is 0.739. The van der Waals surface area contributed by atoms with Crippen LogP contribution in [-0.4, -0.2) is 44.0 Å². The van der Waals surface area contributed by atoms with Crippen molar-refractivity contribution < 1.29 is 9.90 Å². The highest BCUT2D eigenvalue weighted by Gasteiger charge is 2.41. The zero-order chi connectivity index (χ0) is 16.4. The summed E-state index contributed by atoms with van der Waals surface area (Å²) in [5.74, 6) is 0.0223. The topological polar surface area (TPSA) is 71.2 Å². The number of β-amino-alcohol motifs (C(OH)–C–C–N with tert-alkyl or cyclic N) is 1. The number of hydrogen-bond acceptors (Lipinski definition) is 4. The third kappa shape index (κ3) is 3.47. The Morgan fingerprint density at radius 2 is 2.09 bits per heavy atom. The van der Waals surface area contributed by atoms with Crippen molar-refractivity contribution in [3.8, 4) is 0 Å². The predicted molar refractivity (Wildman–Crippen MR) is 86.7 cm³/mol. The minimum absolute atomic E-state index is 0.0223. The largest absolute Gasteiger partial charge is 0.381 e. The van der Waals surface area contributed by atoms with E-state index in [2.05, 4.69) is 10.3 Å². The van der Waals surface area contributed by atoms with Crippen LogP contribution in [0.25, 0.3) is 0 Å². The van der Waals surface area contributed by atoms with Crippen LogP contribution in [0.2, 0.25) is 0 Å². The molecule has 1 N–H and O–H groups in total. The second-order valence-corrected chi connectivity index (χ2v) is 7.08. The molecular weight excluding hydrogens is 292 g/mol. The molecule has 1 unspecified atom stereocenters. The Labute approximate surface area is 137 Å². The second-order valence-electron chi connectivity index (χ2n) is 7.08. The second kappa shape index (κ2) is 6.43. The molecule has 1 aromatic heterocycles. The number of aliphatic hydroxyl groups is 1. The molecule has 2 fully saturated rings. The molecule has 23 heavy (non-hydrogen) atoms. The van der Waals surface area contributed by atoms with Gasteiger partial charge in [0.2, 0.25) is 5.91 Å². The summed E-state index contributed by atoms with van der Waals surface area (Å²) in [5, 5.41) is 19.0. The smallest absolute Gasteiger partial charge is 0.246 e. The maximum absolute atomic E-state index is 12.4. The molecule has 6 heteroatoms. The zero-order valence-electron chi connectivity index (χ0n) is 14.0. The van der Waals surface area contributed by atoms with Crippen molar-refractivity contribution in [1.29, 1.82) is 0 Å². The predicted octanol–water partition coefficient (Wildman–Crippen LogP) is 2.17. The van der Waals surface area contributed by atoms with Crippen molar-refractivity contribution in [1.82, 2.24) is 19.9 Å². The molecule has 1 aromatic rings. The maximum Gasteiger partial charge on any atom is 0.246 e. The number of likely N-dealkylation sites (tertiary alicyclic amines) is 1. The molecule has 2 heterocycles. The first-order valence-corrected chi connectivity index (χ1v) is 8.61. The lowest BCUT2D eigenvalue weighted by Gasteiger charge is -2.21. The Morgan fingerprint density at radius 1 is 1.35 bits per heavy atom. The molecule has 1 atom stereocenters. The van der Waals surface area contributed by atoms with Crippen LogP contribution < -0.4 is 0 Å². The van der Waals surface area contributed by atoms with Gasteiger partial charge in [-0.1, -0.05) is 17.2 Å². The van der Waals surface area contributed by atoms with Gasteiger partial charge in [0, 0.05) is 25.1 Å². The third-order valence-electron chi connectivity index (χ3n) is 4.90. The molecule has 1 saturated heterocycles. The van der Waals surface area contributed by atoms with Gasteiger partial charge in [-0.2, -0.15) is 0 Å². The van der Waals surface area contributed by atoms with Crippen LogP contribution in [0.4, 0.5) is 0 Å². The quantitative estimate of drug-likeness (QED) is 0.867. The third-order valence-corrected chi connectivity index (χ3v) is 4.90. The number of nitrogens with zero attached hydrogens (tertiary/aromatic N) is 4. The summed E-state index contributed by atoms with van der Waals surface area (Å²) < 4.78 is 1.74. The van der Waals surface area contributed by atoms with Gasteiger partial charge in [-0.05, 0) is 39.5 Å². The van der Waals surface area contributed by atoms with Crippen LogP contribution in [0.3, 0.4) is 0 Å². The number of rotatable bonds is 3. The van der Waals surface area contributed by atoms with Crippen molar-refractivity contribution in [2.45, 2.75) is 64.0 Å². The fourth-order valence-electron chi connectivity index (χ4n) is 3.35. The highest BCUT2D eigenvalue weighted by Crippen LogP contribution is 2.31. The van der Waals surface area contributed by atoms with Crippen LogP contribution in [-0.2, 0) is 10.4 Å². The molecule has 3 rings (SSSR count). The van der Waals surface area contributed by atoms with Crippen LogP contribution in [0.15, 0.2) is 17.8 Å². The fraction of sp³-hybridized carbons (Fsp3) is 0.706. The van der Waals surface area contributed by atoms with Crippen molar-refractivity contribution >= 4 is 5.91 Å². The molecule has 126 valence electrons. The normalized spacial score (nSPS) is 25.2. The highest BCUT2D eigenvalue weighted by atomic mass is 16.3.